The monoisotopic (exact) mass is 221 g/mol. The van der Waals surface area contributed by atoms with E-state index in [1.54, 1.807) is 18.2 Å². The van der Waals surface area contributed by atoms with Crippen molar-refractivity contribution in [1.29, 1.82) is 5.41 Å². The predicted molar refractivity (Wildman–Crippen MR) is 63.7 cm³/mol. The molecule has 0 aliphatic rings. The summed E-state index contributed by atoms with van der Waals surface area (Å²) < 4.78 is 0. The maximum Gasteiger partial charge on any atom is 0.266 e. The zero-order valence-electron chi connectivity index (χ0n) is 9.28. The molecule has 0 saturated heterocycles. The lowest BCUT2D eigenvalue weighted by atomic mass is 10.1. The number of rotatable bonds is 3. The number of nitrogens with two attached hydrogens (primary N) is 1. The first-order valence-corrected chi connectivity index (χ1v) is 4.85. The normalized spacial score (nSPS) is 8.38. The standard InChI is InChI=1S/C9H9N3O2.C2H6/c10-5-8(13)12-7-4-2-1-3-6(7)9(11)14;1-2/h1-5,10H,(H2,11,14)(H,12,13);1-2H3. The van der Waals surface area contributed by atoms with Crippen LogP contribution in [0.5, 0.6) is 0 Å². The Morgan fingerprint density at radius 1 is 1.31 bits per heavy atom. The molecule has 1 rings (SSSR count). The molecule has 0 aromatic heterocycles. The number of carbonyl (C=O) groups is 2. The van der Waals surface area contributed by atoms with E-state index in [2.05, 4.69) is 5.32 Å². The fraction of sp³-hybridized carbons (Fsp3) is 0.182. The van der Waals surface area contributed by atoms with Crippen LogP contribution in [0.2, 0.25) is 0 Å². The average Bonchev–Trinajstić information content (AvgIpc) is 2.32. The van der Waals surface area contributed by atoms with E-state index in [4.69, 9.17) is 11.1 Å². The highest BCUT2D eigenvalue weighted by molar-refractivity contribution is 6.31. The zero-order valence-corrected chi connectivity index (χ0v) is 9.28. The van der Waals surface area contributed by atoms with Gasteiger partial charge in [0.25, 0.3) is 11.8 Å². The maximum absolute atomic E-state index is 10.9. The number of benzene rings is 1. The van der Waals surface area contributed by atoms with E-state index in [0.29, 0.717) is 11.9 Å². The third-order valence-electron chi connectivity index (χ3n) is 1.58. The Bertz CT molecular complexity index is 389. The van der Waals surface area contributed by atoms with Crippen LogP contribution in [0.3, 0.4) is 0 Å². The van der Waals surface area contributed by atoms with Crippen molar-refractivity contribution >= 4 is 23.7 Å². The first-order chi connectivity index (χ1) is 7.65. The van der Waals surface area contributed by atoms with Gasteiger partial charge in [0.15, 0.2) is 0 Å². The minimum Gasteiger partial charge on any atom is -0.366 e. The summed E-state index contributed by atoms with van der Waals surface area (Å²) >= 11 is 0. The number of primary amides is 1. The van der Waals surface area contributed by atoms with Crippen LogP contribution < -0.4 is 11.1 Å². The third kappa shape index (κ3) is 3.91. The van der Waals surface area contributed by atoms with Crippen LogP contribution in [0.15, 0.2) is 24.3 Å². The molecule has 1 aromatic carbocycles. The van der Waals surface area contributed by atoms with Gasteiger partial charge in [-0.25, -0.2) is 0 Å². The van der Waals surface area contributed by atoms with Crippen molar-refractivity contribution in [2.45, 2.75) is 13.8 Å². The second kappa shape index (κ2) is 7.17. The van der Waals surface area contributed by atoms with Crippen LogP contribution in [-0.2, 0) is 4.79 Å². The topological polar surface area (TPSA) is 96.0 Å². The molecule has 0 unspecified atom stereocenters. The van der Waals surface area contributed by atoms with E-state index < -0.39 is 11.8 Å². The van der Waals surface area contributed by atoms with Crippen LogP contribution in [0.25, 0.3) is 0 Å². The molecule has 2 amide bonds. The molecule has 16 heavy (non-hydrogen) atoms. The Hall–Kier alpha value is -2.17. The molecule has 5 nitrogen and oxygen atoms in total. The minimum atomic E-state index is -0.620. The molecule has 0 atom stereocenters. The molecule has 0 aliphatic carbocycles. The van der Waals surface area contributed by atoms with Gasteiger partial charge in [0.2, 0.25) is 0 Å². The number of para-hydroxylation sites is 1. The average molecular weight is 221 g/mol. The fourth-order valence-electron chi connectivity index (χ4n) is 0.976. The van der Waals surface area contributed by atoms with Crippen LogP contribution in [0, 0.1) is 5.41 Å². The van der Waals surface area contributed by atoms with Gasteiger partial charge < -0.3 is 16.5 Å². The van der Waals surface area contributed by atoms with E-state index in [0.717, 1.165) is 0 Å². The summed E-state index contributed by atoms with van der Waals surface area (Å²) in [6.45, 7) is 4.00. The SMILES string of the molecule is CC.N=CC(=O)Nc1ccccc1C(N)=O. The fourth-order valence-corrected chi connectivity index (χ4v) is 0.976. The summed E-state index contributed by atoms with van der Waals surface area (Å²) in [4.78, 5) is 21.8. The second-order valence-corrected chi connectivity index (χ2v) is 2.54. The van der Waals surface area contributed by atoms with Crippen molar-refractivity contribution in [2.75, 3.05) is 5.32 Å². The van der Waals surface area contributed by atoms with Crippen molar-refractivity contribution in [2.24, 2.45) is 5.73 Å². The van der Waals surface area contributed by atoms with Crippen LogP contribution in [0.4, 0.5) is 5.69 Å². The molecular formula is C11H15N3O2. The summed E-state index contributed by atoms with van der Waals surface area (Å²) in [7, 11) is 0. The van der Waals surface area contributed by atoms with Gasteiger partial charge in [0.1, 0.15) is 0 Å². The second-order valence-electron chi connectivity index (χ2n) is 2.54. The molecule has 0 aliphatic heterocycles. The highest BCUT2D eigenvalue weighted by Crippen LogP contribution is 2.13. The number of hydrogen-bond donors (Lipinski definition) is 3. The van der Waals surface area contributed by atoms with E-state index >= 15 is 0 Å². The van der Waals surface area contributed by atoms with E-state index in [9.17, 15) is 9.59 Å². The summed E-state index contributed by atoms with van der Waals surface area (Å²) in [6.07, 6.45) is 0.623. The summed E-state index contributed by atoms with van der Waals surface area (Å²) in [5.74, 6) is -1.22. The molecule has 0 fully saturated rings. The Balaban J connectivity index is 0.00000106. The van der Waals surface area contributed by atoms with Gasteiger partial charge in [-0.05, 0) is 12.1 Å². The smallest absolute Gasteiger partial charge is 0.266 e. The summed E-state index contributed by atoms with van der Waals surface area (Å²) in [6, 6.07) is 6.34. The van der Waals surface area contributed by atoms with Gasteiger partial charge in [0.05, 0.1) is 17.5 Å². The van der Waals surface area contributed by atoms with Gasteiger partial charge in [-0.2, -0.15) is 0 Å². The number of carbonyl (C=O) groups excluding carboxylic acids is 2. The van der Waals surface area contributed by atoms with Crippen molar-refractivity contribution in [1.82, 2.24) is 0 Å². The molecule has 0 heterocycles. The summed E-state index contributed by atoms with van der Waals surface area (Å²) in [5, 5.41) is 9.04. The lowest BCUT2D eigenvalue weighted by Gasteiger charge is -2.05. The van der Waals surface area contributed by atoms with E-state index in [1.807, 2.05) is 13.8 Å². The Kier molecular flexibility index (Phi) is 6.19. The molecule has 0 saturated carbocycles. The summed E-state index contributed by atoms with van der Waals surface area (Å²) in [5.41, 5.74) is 5.62. The maximum atomic E-state index is 10.9. The van der Waals surface area contributed by atoms with Gasteiger partial charge in [-0.3, -0.25) is 9.59 Å². The van der Waals surface area contributed by atoms with Crippen molar-refractivity contribution < 1.29 is 9.59 Å². The van der Waals surface area contributed by atoms with Crippen LogP contribution in [-0.4, -0.2) is 18.0 Å². The molecule has 0 bridgehead atoms. The number of nitrogens with one attached hydrogen (secondary N) is 2. The molecular weight excluding hydrogens is 206 g/mol. The van der Waals surface area contributed by atoms with Crippen LogP contribution >= 0.6 is 0 Å². The molecule has 0 spiro atoms. The number of hydrogen-bond acceptors (Lipinski definition) is 3. The van der Waals surface area contributed by atoms with Gasteiger partial charge in [0, 0.05) is 0 Å². The van der Waals surface area contributed by atoms with Crippen molar-refractivity contribution in [3.63, 3.8) is 0 Å². The lowest BCUT2D eigenvalue weighted by molar-refractivity contribution is -0.110. The molecule has 5 heteroatoms. The largest absolute Gasteiger partial charge is 0.366 e. The van der Waals surface area contributed by atoms with Gasteiger partial charge >= 0.3 is 0 Å². The highest BCUT2D eigenvalue weighted by Gasteiger charge is 2.07. The number of amides is 2. The Morgan fingerprint density at radius 3 is 2.38 bits per heavy atom. The zero-order chi connectivity index (χ0) is 12.6. The minimum absolute atomic E-state index is 0.225. The Labute approximate surface area is 94.2 Å². The Morgan fingerprint density at radius 2 is 1.88 bits per heavy atom. The van der Waals surface area contributed by atoms with Gasteiger partial charge in [-0.15, -0.1) is 0 Å². The van der Waals surface area contributed by atoms with Crippen LogP contribution in [0.1, 0.15) is 24.2 Å². The number of anilines is 1. The van der Waals surface area contributed by atoms with Crippen molar-refractivity contribution in [3.05, 3.63) is 29.8 Å². The van der Waals surface area contributed by atoms with E-state index in [1.165, 1.54) is 6.07 Å². The molecule has 86 valence electrons. The first-order valence-electron chi connectivity index (χ1n) is 4.85. The first kappa shape index (κ1) is 13.8. The van der Waals surface area contributed by atoms with Crippen molar-refractivity contribution in [3.8, 4) is 0 Å². The molecule has 1 aromatic rings. The molecule has 4 N–H and O–H groups in total. The van der Waals surface area contributed by atoms with E-state index in [-0.39, 0.29) is 5.56 Å². The molecule has 0 radical (unpaired) electrons. The third-order valence-corrected chi connectivity index (χ3v) is 1.58. The van der Waals surface area contributed by atoms with Gasteiger partial charge in [-0.1, -0.05) is 26.0 Å². The lowest BCUT2D eigenvalue weighted by Crippen LogP contribution is -2.18. The predicted octanol–water partition coefficient (Wildman–Crippen LogP) is 1.40. The highest BCUT2D eigenvalue weighted by atomic mass is 16.2. The quantitative estimate of drug-likeness (QED) is 0.672.